The van der Waals surface area contributed by atoms with Crippen molar-refractivity contribution in [2.45, 2.75) is 4.90 Å². The average Bonchev–Trinajstić information content (AvgIpc) is 2.45. The highest BCUT2D eigenvalue weighted by Crippen LogP contribution is 2.25. The van der Waals surface area contributed by atoms with Crippen LogP contribution in [0.5, 0.6) is 0 Å². The molecule has 0 amide bonds. The Morgan fingerprint density at radius 1 is 1.27 bits per heavy atom. The van der Waals surface area contributed by atoms with E-state index in [1.54, 1.807) is 0 Å². The van der Waals surface area contributed by atoms with Crippen LogP contribution in [0.1, 0.15) is 19.3 Å². The molecule has 0 aliphatic heterocycles. The summed E-state index contributed by atoms with van der Waals surface area (Å²) in [7, 11) is -4.22. The zero-order valence-electron chi connectivity index (χ0n) is 7.00. The van der Waals surface area contributed by atoms with Gasteiger partial charge in [0.1, 0.15) is 14.6 Å². The fourth-order valence-corrected chi connectivity index (χ4v) is 2.75. The van der Waals surface area contributed by atoms with Gasteiger partial charge in [0.2, 0.25) is 10.0 Å². The number of rotatable bonds is 3. The zero-order chi connectivity index (χ0) is 11.8. The van der Waals surface area contributed by atoms with Crippen molar-refractivity contribution in [1.82, 2.24) is 0 Å². The van der Waals surface area contributed by atoms with E-state index in [2.05, 4.69) is 0 Å². The summed E-state index contributed by atoms with van der Waals surface area (Å²) in [5.41, 5.74) is 0. The van der Waals surface area contributed by atoms with E-state index in [-0.39, 0.29) is 0 Å². The number of nitrogens with two attached hydrogens (primary N) is 1. The fraction of sp³-hybridized carbons (Fsp3) is 0. The molecule has 0 radical (unpaired) electrons. The van der Waals surface area contributed by atoms with Crippen molar-refractivity contribution in [3.05, 3.63) is 15.8 Å². The number of aromatic carboxylic acids is 2. The summed E-state index contributed by atoms with van der Waals surface area (Å²) >= 11 is 0.344. The van der Waals surface area contributed by atoms with E-state index in [1.165, 1.54) is 0 Å². The van der Waals surface area contributed by atoms with Gasteiger partial charge in [0.25, 0.3) is 0 Å². The van der Waals surface area contributed by atoms with Crippen molar-refractivity contribution < 1.29 is 28.2 Å². The first-order chi connectivity index (χ1) is 6.73. The van der Waals surface area contributed by atoms with Gasteiger partial charge in [-0.15, -0.1) is 11.3 Å². The lowest BCUT2D eigenvalue weighted by Crippen LogP contribution is -2.14. The van der Waals surface area contributed by atoms with Crippen LogP contribution < -0.4 is 5.14 Å². The van der Waals surface area contributed by atoms with Gasteiger partial charge >= 0.3 is 11.9 Å². The molecule has 4 N–H and O–H groups in total. The van der Waals surface area contributed by atoms with Gasteiger partial charge in [-0.3, -0.25) is 0 Å². The molecule has 0 aliphatic rings. The van der Waals surface area contributed by atoms with E-state index in [1.807, 2.05) is 0 Å². The quantitative estimate of drug-likeness (QED) is 0.680. The first-order valence-corrected chi connectivity index (χ1v) is 5.73. The third kappa shape index (κ3) is 2.32. The van der Waals surface area contributed by atoms with Gasteiger partial charge in [-0.2, -0.15) is 0 Å². The maximum atomic E-state index is 10.9. The maximum Gasteiger partial charge on any atom is 0.347 e. The summed E-state index contributed by atoms with van der Waals surface area (Å²) in [5.74, 6) is -2.94. The summed E-state index contributed by atoms with van der Waals surface area (Å²) in [4.78, 5) is 19.4. The number of carbonyl (C=O) groups is 2. The lowest BCUT2D eigenvalue weighted by atomic mass is 10.4. The van der Waals surface area contributed by atoms with Gasteiger partial charge in [0.15, 0.2) is 0 Å². The standard InChI is InChI=1S/C6H5NO6S2/c7-15(12,13)3-1-2(5(8)9)14-4(3)6(10)11/h1H,(H,8,9)(H,10,11)(H2,7,12,13). The molecule has 0 saturated heterocycles. The second kappa shape index (κ2) is 3.61. The average molecular weight is 251 g/mol. The minimum Gasteiger partial charge on any atom is -0.477 e. The summed E-state index contributed by atoms with van der Waals surface area (Å²) in [6.45, 7) is 0. The van der Waals surface area contributed by atoms with Crippen LogP contribution in [0.15, 0.2) is 11.0 Å². The van der Waals surface area contributed by atoms with Crippen LogP contribution in [-0.4, -0.2) is 30.6 Å². The van der Waals surface area contributed by atoms with Gasteiger partial charge in [-0.1, -0.05) is 0 Å². The molecule has 0 unspecified atom stereocenters. The van der Waals surface area contributed by atoms with Crippen LogP contribution in [0.4, 0.5) is 0 Å². The van der Waals surface area contributed by atoms with Crippen molar-refractivity contribution in [3.8, 4) is 0 Å². The maximum absolute atomic E-state index is 10.9. The molecule has 0 bridgehead atoms. The van der Waals surface area contributed by atoms with Crippen LogP contribution in [0.2, 0.25) is 0 Å². The van der Waals surface area contributed by atoms with Crippen LogP contribution in [0, 0.1) is 0 Å². The Morgan fingerprint density at radius 2 is 1.80 bits per heavy atom. The monoisotopic (exact) mass is 251 g/mol. The molecule has 0 atom stereocenters. The highest BCUT2D eigenvalue weighted by atomic mass is 32.2. The molecule has 15 heavy (non-hydrogen) atoms. The lowest BCUT2D eigenvalue weighted by molar-refractivity contribution is 0.0690. The van der Waals surface area contributed by atoms with Gasteiger partial charge in [0.05, 0.1) is 0 Å². The molecule has 0 aromatic carbocycles. The number of carboxylic acid groups (broad SMARTS) is 2. The summed E-state index contributed by atoms with van der Waals surface area (Å²) in [6, 6.07) is 0.728. The van der Waals surface area contributed by atoms with Crippen molar-refractivity contribution in [1.29, 1.82) is 0 Å². The van der Waals surface area contributed by atoms with Crippen LogP contribution in [0.3, 0.4) is 0 Å². The predicted molar refractivity (Wildman–Crippen MR) is 49.6 cm³/mol. The molecule has 0 spiro atoms. The largest absolute Gasteiger partial charge is 0.477 e. The first-order valence-electron chi connectivity index (χ1n) is 3.36. The number of sulfonamides is 1. The van der Waals surface area contributed by atoms with Gasteiger partial charge < -0.3 is 10.2 Å². The van der Waals surface area contributed by atoms with Crippen molar-refractivity contribution >= 4 is 33.3 Å². The predicted octanol–water partition coefficient (Wildman–Crippen LogP) is -0.208. The van der Waals surface area contributed by atoms with E-state index in [9.17, 15) is 18.0 Å². The number of carboxylic acids is 2. The SMILES string of the molecule is NS(=O)(=O)c1cc(C(=O)O)sc1C(=O)O. The molecular formula is C6H5NO6S2. The number of thiophene rings is 1. The molecule has 82 valence electrons. The molecule has 0 saturated carbocycles. The Hall–Kier alpha value is -1.45. The molecule has 1 aromatic rings. The molecule has 9 heteroatoms. The Labute approximate surface area is 87.8 Å². The summed E-state index contributed by atoms with van der Waals surface area (Å²) in [5, 5.41) is 21.9. The Morgan fingerprint density at radius 3 is 2.07 bits per heavy atom. The third-order valence-corrected chi connectivity index (χ3v) is 3.58. The van der Waals surface area contributed by atoms with Gasteiger partial charge in [-0.25, -0.2) is 23.1 Å². The second-order valence-corrected chi connectivity index (χ2v) is 5.04. The Balaban J connectivity index is 3.51. The van der Waals surface area contributed by atoms with E-state index in [0.717, 1.165) is 6.07 Å². The second-order valence-electron chi connectivity index (χ2n) is 2.46. The van der Waals surface area contributed by atoms with Gasteiger partial charge in [0, 0.05) is 0 Å². The van der Waals surface area contributed by atoms with E-state index in [0.29, 0.717) is 11.3 Å². The van der Waals surface area contributed by atoms with Crippen LogP contribution in [0.25, 0.3) is 0 Å². The minimum absolute atomic E-state index is 0.344. The zero-order valence-corrected chi connectivity index (χ0v) is 8.63. The van der Waals surface area contributed by atoms with Crippen LogP contribution >= 0.6 is 11.3 Å². The molecule has 0 fully saturated rings. The van der Waals surface area contributed by atoms with Crippen LogP contribution in [-0.2, 0) is 10.0 Å². The lowest BCUT2D eigenvalue weighted by Gasteiger charge is -1.94. The van der Waals surface area contributed by atoms with Crippen molar-refractivity contribution in [2.75, 3.05) is 0 Å². The molecule has 1 rings (SSSR count). The molecule has 1 aromatic heterocycles. The Bertz CT molecular complexity index is 528. The number of hydrogen-bond donors (Lipinski definition) is 3. The van der Waals surface area contributed by atoms with Crippen molar-refractivity contribution in [3.63, 3.8) is 0 Å². The molecule has 7 nitrogen and oxygen atoms in total. The highest BCUT2D eigenvalue weighted by molar-refractivity contribution is 7.89. The van der Waals surface area contributed by atoms with E-state index >= 15 is 0 Å². The molecule has 0 aliphatic carbocycles. The molecule has 1 heterocycles. The summed E-state index contributed by atoms with van der Waals surface area (Å²) < 4.78 is 21.8. The smallest absolute Gasteiger partial charge is 0.347 e. The topological polar surface area (TPSA) is 135 Å². The van der Waals surface area contributed by atoms with Crippen molar-refractivity contribution in [2.24, 2.45) is 5.14 Å². The Kier molecular flexibility index (Phi) is 2.79. The normalized spacial score (nSPS) is 11.3. The molecular weight excluding hydrogens is 246 g/mol. The third-order valence-electron chi connectivity index (χ3n) is 1.41. The number of primary sulfonamides is 1. The first kappa shape index (κ1) is 11.6. The fourth-order valence-electron chi connectivity index (χ4n) is 0.840. The number of hydrogen-bond acceptors (Lipinski definition) is 5. The minimum atomic E-state index is -4.22. The van der Waals surface area contributed by atoms with E-state index in [4.69, 9.17) is 15.4 Å². The summed E-state index contributed by atoms with van der Waals surface area (Å²) in [6.07, 6.45) is 0. The van der Waals surface area contributed by atoms with Gasteiger partial charge in [-0.05, 0) is 6.07 Å². The van der Waals surface area contributed by atoms with E-state index < -0.39 is 36.6 Å². The highest BCUT2D eigenvalue weighted by Gasteiger charge is 2.25.